The van der Waals surface area contributed by atoms with Crippen molar-refractivity contribution >= 4 is 5.97 Å². The Bertz CT molecular complexity index is 458. The van der Waals surface area contributed by atoms with Gasteiger partial charge in [-0.1, -0.05) is 25.5 Å². The average molecular weight is 292 g/mol. The molecule has 0 heterocycles. The van der Waals surface area contributed by atoms with Gasteiger partial charge in [0.05, 0.1) is 0 Å². The summed E-state index contributed by atoms with van der Waals surface area (Å²) in [4.78, 5) is 11.6. The van der Waals surface area contributed by atoms with Crippen LogP contribution >= 0.6 is 0 Å². The molecular weight excluding hydrogens is 268 g/mol. The van der Waals surface area contributed by atoms with Gasteiger partial charge in [-0.25, -0.2) is 0 Å². The third kappa shape index (κ3) is 4.46. The summed E-state index contributed by atoms with van der Waals surface area (Å²) >= 11 is 0. The van der Waals surface area contributed by atoms with E-state index in [-0.39, 0.29) is 24.8 Å². The van der Waals surface area contributed by atoms with Crippen molar-refractivity contribution in [2.24, 2.45) is 0 Å². The van der Waals surface area contributed by atoms with Crippen molar-refractivity contribution in [1.29, 1.82) is 0 Å². The Hall–Kier alpha value is -1.55. The van der Waals surface area contributed by atoms with Gasteiger partial charge < -0.3 is 14.2 Å². The zero-order valence-electron chi connectivity index (χ0n) is 12.8. The first-order valence-electron chi connectivity index (χ1n) is 7.65. The first kappa shape index (κ1) is 15.8. The second kappa shape index (κ2) is 8.03. The highest BCUT2D eigenvalue weighted by atomic mass is 16.7. The highest BCUT2D eigenvalue weighted by Crippen LogP contribution is 2.36. The molecule has 0 amide bonds. The number of esters is 1. The first-order chi connectivity index (χ1) is 10.2. The largest absolute Gasteiger partial charge is 0.468 e. The molecule has 1 aromatic rings. The minimum atomic E-state index is -0.112. The van der Waals surface area contributed by atoms with Crippen molar-refractivity contribution in [2.75, 3.05) is 13.9 Å². The van der Waals surface area contributed by atoms with E-state index in [1.165, 1.54) is 12.0 Å². The number of carbonyl (C=O) groups is 1. The maximum absolute atomic E-state index is 11.6. The van der Waals surface area contributed by atoms with E-state index in [2.05, 4.69) is 6.07 Å². The van der Waals surface area contributed by atoms with Crippen molar-refractivity contribution in [1.82, 2.24) is 0 Å². The van der Waals surface area contributed by atoms with Crippen LogP contribution in [0.3, 0.4) is 0 Å². The van der Waals surface area contributed by atoms with Crippen LogP contribution in [-0.4, -0.2) is 26.0 Å². The van der Waals surface area contributed by atoms with Crippen LogP contribution in [0.1, 0.15) is 50.5 Å². The predicted molar refractivity (Wildman–Crippen MR) is 80.3 cm³/mol. The molecular formula is C17H24O4. The molecule has 1 saturated carbocycles. The molecule has 116 valence electrons. The summed E-state index contributed by atoms with van der Waals surface area (Å²) in [5.41, 5.74) is 1.18. The maximum atomic E-state index is 11.6. The summed E-state index contributed by atoms with van der Waals surface area (Å²) < 4.78 is 16.0. The molecule has 2 rings (SSSR count). The Balaban J connectivity index is 2.10. The molecule has 0 bridgehead atoms. The monoisotopic (exact) mass is 292 g/mol. The van der Waals surface area contributed by atoms with Crippen LogP contribution in [0.4, 0.5) is 0 Å². The van der Waals surface area contributed by atoms with Gasteiger partial charge in [0.2, 0.25) is 0 Å². The lowest BCUT2D eigenvalue weighted by Gasteiger charge is -2.31. The SMILES string of the molecule is CCC(=O)O[C@H]1CCCC[C@@H]1c1cccc(OCOC)c1. The van der Waals surface area contributed by atoms with E-state index in [4.69, 9.17) is 14.2 Å². The molecule has 1 aliphatic rings. The third-order valence-corrected chi connectivity index (χ3v) is 3.90. The van der Waals surface area contributed by atoms with Crippen LogP contribution in [-0.2, 0) is 14.3 Å². The summed E-state index contributed by atoms with van der Waals surface area (Å²) in [6.45, 7) is 2.07. The van der Waals surface area contributed by atoms with Gasteiger partial charge in [0.1, 0.15) is 11.9 Å². The number of benzene rings is 1. The third-order valence-electron chi connectivity index (χ3n) is 3.90. The van der Waals surface area contributed by atoms with E-state index >= 15 is 0 Å². The Labute approximate surface area is 126 Å². The highest BCUT2D eigenvalue weighted by Gasteiger charge is 2.29. The maximum Gasteiger partial charge on any atom is 0.305 e. The summed E-state index contributed by atoms with van der Waals surface area (Å²) in [7, 11) is 1.60. The van der Waals surface area contributed by atoms with Gasteiger partial charge in [-0.2, -0.15) is 0 Å². The molecule has 1 aromatic carbocycles. The van der Waals surface area contributed by atoms with Gasteiger partial charge in [-0.05, 0) is 37.0 Å². The van der Waals surface area contributed by atoms with Crippen molar-refractivity contribution < 1.29 is 19.0 Å². The Morgan fingerprint density at radius 1 is 1.29 bits per heavy atom. The van der Waals surface area contributed by atoms with E-state index in [1.54, 1.807) is 7.11 Å². The van der Waals surface area contributed by atoms with E-state index < -0.39 is 0 Å². The fourth-order valence-corrected chi connectivity index (χ4v) is 2.83. The van der Waals surface area contributed by atoms with Crippen LogP contribution < -0.4 is 4.74 Å². The standard InChI is InChI=1S/C17H24O4/c1-3-17(18)21-16-10-5-4-9-15(16)13-7-6-8-14(11-13)20-12-19-2/h6-8,11,15-16H,3-5,9-10,12H2,1-2H3/t15-,16+/m1/s1. The van der Waals surface area contributed by atoms with E-state index in [0.29, 0.717) is 6.42 Å². The zero-order valence-corrected chi connectivity index (χ0v) is 12.8. The topological polar surface area (TPSA) is 44.8 Å². The van der Waals surface area contributed by atoms with Crippen molar-refractivity contribution in [3.05, 3.63) is 29.8 Å². The van der Waals surface area contributed by atoms with Crippen LogP contribution in [0, 0.1) is 0 Å². The number of methoxy groups -OCH3 is 1. The Kier molecular flexibility index (Phi) is 6.05. The zero-order chi connectivity index (χ0) is 15.1. The number of hydrogen-bond acceptors (Lipinski definition) is 4. The Morgan fingerprint density at radius 3 is 2.86 bits per heavy atom. The van der Waals surface area contributed by atoms with Crippen molar-refractivity contribution in [3.63, 3.8) is 0 Å². The molecule has 2 atom stereocenters. The fourth-order valence-electron chi connectivity index (χ4n) is 2.83. The van der Waals surface area contributed by atoms with Gasteiger partial charge in [0.15, 0.2) is 6.79 Å². The molecule has 0 saturated heterocycles. The number of rotatable bonds is 6. The second-order valence-corrected chi connectivity index (χ2v) is 5.40. The van der Waals surface area contributed by atoms with Crippen LogP contribution in [0.2, 0.25) is 0 Å². The van der Waals surface area contributed by atoms with Gasteiger partial charge in [-0.3, -0.25) is 4.79 Å². The summed E-state index contributed by atoms with van der Waals surface area (Å²) in [6, 6.07) is 8.01. The molecule has 0 N–H and O–H groups in total. The van der Waals surface area contributed by atoms with Gasteiger partial charge in [-0.15, -0.1) is 0 Å². The molecule has 0 aliphatic heterocycles. The molecule has 4 nitrogen and oxygen atoms in total. The van der Waals surface area contributed by atoms with Crippen molar-refractivity contribution in [3.8, 4) is 5.75 Å². The molecule has 1 aliphatic carbocycles. The highest BCUT2D eigenvalue weighted by molar-refractivity contribution is 5.69. The summed E-state index contributed by atoms with van der Waals surface area (Å²) in [5, 5.41) is 0. The second-order valence-electron chi connectivity index (χ2n) is 5.40. The Morgan fingerprint density at radius 2 is 2.10 bits per heavy atom. The quantitative estimate of drug-likeness (QED) is 0.593. The minimum absolute atomic E-state index is 0.0103. The normalized spacial score (nSPS) is 21.8. The molecule has 1 fully saturated rings. The fraction of sp³-hybridized carbons (Fsp3) is 0.588. The summed E-state index contributed by atoms with van der Waals surface area (Å²) in [6.07, 6.45) is 4.71. The lowest BCUT2D eigenvalue weighted by molar-refractivity contribution is -0.151. The minimum Gasteiger partial charge on any atom is -0.468 e. The molecule has 4 heteroatoms. The van der Waals surface area contributed by atoms with Gasteiger partial charge >= 0.3 is 5.97 Å². The van der Waals surface area contributed by atoms with Crippen molar-refractivity contribution in [2.45, 2.75) is 51.0 Å². The molecule has 0 radical (unpaired) electrons. The summed E-state index contributed by atoms with van der Waals surface area (Å²) in [5.74, 6) is 0.944. The van der Waals surface area contributed by atoms with Gasteiger partial charge in [0.25, 0.3) is 0 Å². The van der Waals surface area contributed by atoms with Gasteiger partial charge in [0, 0.05) is 19.4 Å². The smallest absolute Gasteiger partial charge is 0.305 e. The number of ether oxygens (including phenoxy) is 3. The van der Waals surface area contributed by atoms with Crippen LogP contribution in [0.5, 0.6) is 5.75 Å². The predicted octanol–water partition coefficient (Wildman–Crippen LogP) is 3.65. The number of carbonyl (C=O) groups excluding carboxylic acids is 1. The van der Waals surface area contributed by atoms with E-state index in [0.717, 1.165) is 25.0 Å². The molecule has 0 aromatic heterocycles. The van der Waals surface area contributed by atoms with E-state index in [1.807, 2.05) is 25.1 Å². The average Bonchev–Trinajstić information content (AvgIpc) is 2.53. The number of hydrogen-bond donors (Lipinski definition) is 0. The molecule has 0 unspecified atom stereocenters. The lowest BCUT2D eigenvalue weighted by atomic mass is 9.81. The molecule has 21 heavy (non-hydrogen) atoms. The van der Waals surface area contributed by atoms with Crippen LogP contribution in [0.25, 0.3) is 0 Å². The lowest BCUT2D eigenvalue weighted by Crippen LogP contribution is -2.28. The first-order valence-corrected chi connectivity index (χ1v) is 7.65. The van der Waals surface area contributed by atoms with E-state index in [9.17, 15) is 4.79 Å². The van der Waals surface area contributed by atoms with Crippen LogP contribution in [0.15, 0.2) is 24.3 Å². The molecule has 0 spiro atoms.